The summed E-state index contributed by atoms with van der Waals surface area (Å²) in [7, 11) is 1.28. The Labute approximate surface area is 146 Å². The Kier molecular flexibility index (Phi) is 4.64. The third-order valence-corrected chi connectivity index (χ3v) is 5.11. The first kappa shape index (κ1) is 16.6. The summed E-state index contributed by atoms with van der Waals surface area (Å²) in [5.74, 6) is -0.605. The molecule has 6 heteroatoms. The van der Waals surface area contributed by atoms with Crippen molar-refractivity contribution >= 4 is 55.5 Å². The van der Waals surface area contributed by atoms with Crippen molar-refractivity contribution in [3.63, 3.8) is 0 Å². The van der Waals surface area contributed by atoms with E-state index in [4.69, 9.17) is 11.6 Å². The minimum atomic E-state index is -0.430. The summed E-state index contributed by atoms with van der Waals surface area (Å²) >= 11 is 7.24. The maximum absolute atomic E-state index is 12.8. The van der Waals surface area contributed by atoms with Crippen LogP contribution in [0, 0.1) is 0 Å². The molecule has 0 radical (unpaired) electrons. The van der Waals surface area contributed by atoms with Crippen molar-refractivity contribution in [3.8, 4) is 0 Å². The molecule has 3 rings (SSSR count). The summed E-state index contributed by atoms with van der Waals surface area (Å²) in [6, 6.07) is 10.4. The van der Waals surface area contributed by atoms with Crippen molar-refractivity contribution in [2.24, 2.45) is 0 Å². The van der Waals surface area contributed by atoms with Crippen molar-refractivity contribution in [3.05, 3.63) is 56.5 Å². The van der Waals surface area contributed by atoms with Gasteiger partial charge in [-0.2, -0.15) is 0 Å². The Morgan fingerprint density at radius 3 is 2.58 bits per heavy atom. The zero-order valence-electron chi connectivity index (χ0n) is 12.8. The van der Waals surface area contributed by atoms with E-state index in [0.717, 1.165) is 10.1 Å². The van der Waals surface area contributed by atoms with Crippen LogP contribution in [0.4, 0.5) is 0 Å². The molecular weight excluding hydrogens is 348 g/mol. The van der Waals surface area contributed by atoms with Crippen LogP contribution in [0.1, 0.15) is 22.5 Å². The number of rotatable bonds is 4. The second-order valence-electron chi connectivity index (χ2n) is 5.28. The van der Waals surface area contributed by atoms with Gasteiger partial charge in [-0.15, -0.1) is 11.3 Å². The number of ketones is 1. The van der Waals surface area contributed by atoms with Gasteiger partial charge in [-0.05, 0) is 29.7 Å². The lowest BCUT2D eigenvalue weighted by Crippen LogP contribution is -2.04. The Balaban J connectivity index is 2.07. The molecule has 0 spiro atoms. The van der Waals surface area contributed by atoms with Crippen molar-refractivity contribution in [1.82, 2.24) is 0 Å². The van der Waals surface area contributed by atoms with Crippen LogP contribution in [-0.2, 0) is 9.53 Å². The molecular formula is C18H13ClO4S. The van der Waals surface area contributed by atoms with Crippen LogP contribution in [0.25, 0.3) is 20.9 Å². The van der Waals surface area contributed by atoms with Gasteiger partial charge in [0.25, 0.3) is 0 Å². The molecule has 0 unspecified atom stereocenters. The third-order valence-electron chi connectivity index (χ3n) is 3.74. The van der Waals surface area contributed by atoms with E-state index in [9.17, 15) is 14.4 Å². The van der Waals surface area contributed by atoms with E-state index < -0.39 is 5.97 Å². The molecule has 0 aliphatic heterocycles. The van der Waals surface area contributed by atoms with Gasteiger partial charge < -0.3 is 4.74 Å². The van der Waals surface area contributed by atoms with Crippen molar-refractivity contribution in [2.45, 2.75) is 12.8 Å². The zero-order chi connectivity index (χ0) is 17.3. The predicted octanol–water partition coefficient (Wildman–Crippen LogP) is 4.20. The second-order valence-corrected chi connectivity index (χ2v) is 6.80. The first-order chi connectivity index (χ1) is 11.5. The van der Waals surface area contributed by atoms with Crippen molar-refractivity contribution < 1.29 is 14.3 Å². The maximum Gasteiger partial charge on any atom is 0.305 e. The van der Waals surface area contributed by atoms with E-state index in [-0.39, 0.29) is 24.1 Å². The summed E-state index contributed by atoms with van der Waals surface area (Å²) in [5.41, 5.74) is -0.157. The molecule has 0 saturated heterocycles. The molecule has 0 aliphatic rings. The van der Waals surface area contributed by atoms with Crippen LogP contribution in [-0.4, -0.2) is 18.9 Å². The third kappa shape index (κ3) is 3.18. The van der Waals surface area contributed by atoms with Gasteiger partial charge in [-0.25, -0.2) is 0 Å². The summed E-state index contributed by atoms with van der Waals surface area (Å²) in [6.45, 7) is 0. The monoisotopic (exact) mass is 360 g/mol. The lowest BCUT2D eigenvalue weighted by Gasteiger charge is -1.97. The number of carbonyl (C=O) groups excluding carboxylic acids is 2. The second kappa shape index (κ2) is 6.71. The van der Waals surface area contributed by atoms with Gasteiger partial charge in [0.1, 0.15) is 0 Å². The zero-order valence-corrected chi connectivity index (χ0v) is 14.4. The average Bonchev–Trinajstić information content (AvgIpc) is 2.97. The largest absolute Gasteiger partial charge is 0.469 e. The molecule has 0 bridgehead atoms. The van der Waals surface area contributed by atoms with Gasteiger partial charge in [0.15, 0.2) is 11.2 Å². The minimum Gasteiger partial charge on any atom is -0.469 e. The van der Waals surface area contributed by atoms with Crippen LogP contribution in [0.3, 0.4) is 0 Å². The van der Waals surface area contributed by atoms with E-state index in [1.165, 1.54) is 18.4 Å². The summed E-state index contributed by atoms with van der Waals surface area (Å²) in [5, 5.41) is 2.29. The van der Waals surface area contributed by atoms with Gasteiger partial charge in [0.05, 0.1) is 18.4 Å². The fourth-order valence-corrected chi connectivity index (χ4v) is 3.67. The molecule has 0 saturated carbocycles. The Morgan fingerprint density at radius 2 is 1.83 bits per heavy atom. The first-order valence-electron chi connectivity index (χ1n) is 7.26. The lowest BCUT2D eigenvalue weighted by molar-refractivity contribution is -0.140. The normalized spacial score (nSPS) is 10.9. The highest BCUT2D eigenvalue weighted by atomic mass is 35.5. The molecule has 24 heavy (non-hydrogen) atoms. The number of thiophene rings is 1. The summed E-state index contributed by atoms with van der Waals surface area (Å²) < 4.78 is 5.27. The molecule has 2 aromatic carbocycles. The lowest BCUT2D eigenvalue weighted by atomic mass is 10.1. The van der Waals surface area contributed by atoms with Crippen LogP contribution >= 0.6 is 22.9 Å². The van der Waals surface area contributed by atoms with Crippen molar-refractivity contribution in [2.75, 3.05) is 7.11 Å². The smallest absolute Gasteiger partial charge is 0.305 e. The number of methoxy groups -OCH3 is 1. The molecule has 0 fully saturated rings. The van der Waals surface area contributed by atoms with Gasteiger partial charge >= 0.3 is 5.97 Å². The number of benzene rings is 1. The maximum atomic E-state index is 12.8. The summed E-state index contributed by atoms with van der Waals surface area (Å²) in [4.78, 5) is 36.6. The predicted molar refractivity (Wildman–Crippen MR) is 96.2 cm³/mol. The SMILES string of the molecule is COC(=O)CCC(=O)c1cc2c(=O)c3cc(Cl)ccc3ccc2s1. The average molecular weight is 361 g/mol. The standard InChI is InChI=1S/C18H13ClO4S/c1-23-17(21)7-5-14(20)16-9-13-15(24-16)6-3-10-2-4-11(19)8-12(10)18(13)22/h2-4,6,8-9H,5,7H2,1H3. The quantitative estimate of drug-likeness (QED) is 0.516. The van der Waals surface area contributed by atoms with Crippen LogP contribution < -0.4 is 5.43 Å². The molecule has 0 amide bonds. The van der Waals surface area contributed by atoms with E-state index in [1.54, 1.807) is 24.3 Å². The van der Waals surface area contributed by atoms with Crippen molar-refractivity contribution in [1.29, 1.82) is 0 Å². The van der Waals surface area contributed by atoms with Crippen LogP contribution in [0.15, 0.2) is 41.2 Å². The molecule has 4 nitrogen and oxygen atoms in total. The minimum absolute atomic E-state index is 0.0279. The molecule has 0 N–H and O–H groups in total. The summed E-state index contributed by atoms with van der Waals surface area (Å²) in [6.07, 6.45) is 0.0898. The fourth-order valence-electron chi connectivity index (χ4n) is 2.47. The number of hydrogen-bond acceptors (Lipinski definition) is 5. The van der Waals surface area contributed by atoms with Gasteiger partial charge in [-0.1, -0.05) is 23.7 Å². The van der Waals surface area contributed by atoms with E-state index >= 15 is 0 Å². The Bertz CT molecular complexity index is 1020. The number of Topliss-reactive ketones (excluding diaryl/α,β-unsaturated/α-hetero) is 1. The highest BCUT2D eigenvalue weighted by molar-refractivity contribution is 7.20. The first-order valence-corrected chi connectivity index (χ1v) is 8.45. The number of hydrogen-bond donors (Lipinski definition) is 0. The number of fused-ring (bicyclic) bond motifs is 2. The molecule has 3 aromatic rings. The highest BCUT2D eigenvalue weighted by Gasteiger charge is 2.14. The van der Waals surface area contributed by atoms with Crippen LogP contribution in [0.2, 0.25) is 5.02 Å². The number of esters is 1. The Morgan fingerprint density at radius 1 is 1.08 bits per heavy atom. The number of carbonyl (C=O) groups is 2. The number of ether oxygens (including phenoxy) is 1. The topological polar surface area (TPSA) is 60.4 Å². The van der Waals surface area contributed by atoms with Gasteiger partial charge in [-0.3, -0.25) is 14.4 Å². The number of halogens is 1. The molecule has 122 valence electrons. The Hall–Kier alpha value is -2.24. The van der Waals surface area contributed by atoms with Gasteiger partial charge in [0, 0.05) is 26.9 Å². The molecule has 0 aliphatic carbocycles. The molecule has 1 heterocycles. The van der Waals surface area contributed by atoms with Gasteiger partial charge in [0.2, 0.25) is 0 Å². The van der Waals surface area contributed by atoms with E-state index in [0.29, 0.717) is 20.7 Å². The molecule has 1 aromatic heterocycles. The van der Waals surface area contributed by atoms with E-state index in [2.05, 4.69) is 4.74 Å². The molecule has 0 atom stereocenters. The van der Waals surface area contributed by atoms with Crippen LogP contribution in [0.5, 0.6) is 0 Å². The van der Waals surface area contributed by atoms with E-state index in [1.807, 2.05) is 12.1 Å². The fraction of sp³-hybridized carbons (Fsp3) is 0.167. The highest BCUT2D eigenvalue weighted by Crippen LogP contribution is 2.26.